The van der Waals surface area contributed by atoms with Gasteiger partial charge >= 0.3 is 0 Å². The molecule has 21 heavy (non-hydrogen) atoms. The Bertz CT molecular complexity index is 622. The summed E-state index contributed by atoms with van der Waals surface area (Å²) in [5.41, 5.74) is 0.658. The number of nitrogens with one attached hydrogen (secondary N) is 2. The molecule has 0 fully saturated rings. The molecule has 2 N–H and O–H groups in total. The SMILES string of the molecule is CC(C)OCCCCNCc1nc2ccccc2c(=O)[nH]1. The Hall–Kier alpha value is -1.72. The van der Waals surface area contributed by atoms with Crippen molar-refractivity contribution in [1.29, 1.82) is 0 Å². The number of hydrogen-bond donors (Lipinski definition) is 2. The molecule has 0 saturated heterocycles. The molecule has 0 spiro atoms. The molecule has 0 aliphatic rings. The van der Waals surface area contributed by atoms with Crippen molar-refractivity contribution in [3.63, 3.8) is 0 Å². The second-order valence-corrected chi connectivity index (χ2v) is 5.33. The number of aromatic nitrogens is 2. The number of ether oxygens (including phenoxy) is 1. The Morgan fingerprint density at radius 2 is 2.10 bits per heavy atom. The molecule has 0 atom stereocenters. The Balaban J connectivity index is 1.78. The Labute approximate surface area is 124 Å². The highest BCUT2D eigenvalue weighted by atomic mass is 16.5. The van der Waals surface area contributed by atoms with Crippen LogP contribution in [-0.4, -0.2) is 29.2 Å². The summed E-state index contributed by atoms with van der Waals surface area (Å²) in [7, 11) is 0. The van der Waals surface area contributed by atoms with Crippen LogP contribution in [0.4, 0.5) is 0 Å². The largest absolute Gasteiger partial charge is 0.379 e. The molecule has 0 bridgehead atoms. The molecule has 1 aromatic heterocycles. The molecule has 114 valence electrons. The molecular formula is C16H23N3O2. The van der Waals surface area contributed by atoms with Crippen molar-refractivity contribution in [2.45, 2.75) is 39.3 Å². The van der Waals surface area contributed by atoms with E-state index in [1.165, 1.54) is 0 Å². The van der Waals surface area contributed by atoms with Crippen molar-refractivity contribution >= 4 is 10.9 Å². The lowest BCUT2D eigenvalue weighted by Crippen LogP contribution is -2.20. The molecule has 5 heteroatoms. The standard InChI is InChI=1S/C16H23N3O2/c1-12(2)21-10-6-5-9-17-11-15-18-14-8-4-3-7-13(14)16(20)19-15/h3-4,7-8,12,17H,5-6,9-11H2,1-2H3,(H,18,19,20). The Morgan fingerprint density at radius 3 is 2.90 bits per heavy atom. The minimum atomic E-state index is -0.0808. The monoisotopic (exact) mass is 289 g/mol. The van der Waals surface area contributed by atoms with Crippen LogP contribution in [0.2, 0.25) is 0 Å². The Morgan fingerprint density at radius 1 is 1.29 bits per heavy atom. The zero-order chi connectivity index (χ0) is 15.1. The number of hydrogen-bond acceptors (Lipinski definition) is 4. The maximum absolute atomic E-state index is 11.9. The topological polar surface area (TPSA) is 67.0 Å². The van der Waals surface area contributed by atoms with Crippen LogP contribution in [0.3, 0.4) is 0 Å². The zero-order valence-corrected chi connectivity index (χ0v) is 12.7. The predicted molar refractivity (Wildman–Crippen MR) is 84.4 cm³/mol. The lowest BCUT2D eigenvalue weighted by Gasteiger charge is -2.08. The summed E-state index contributed by atoms with van der Waals surface area (Å²) in [5, 5.41) is 3.93. The molecular weight excluding hydrogens is 266 g/mol. The van der Waals surface area contributed by atoms with Crippen LogP contribution in [0.15, 0.2) is 29.1 Å². The molecule has 0 aliphatic carbocycles. The van der Waals surface area contributed by atoms with E-state index in [0.717, 1.165) is 31.5 Å². The number of unbranched alkanes of at least 4 members (excludes halogenated alkanes) is 1. The number of H-pyrrole nitrogens is 1. The maximum Gasteiger partial charge on any atom is 0.258 e. The van der Waals surface area contributed by atoms with Gasteiger partial charge in [0, 0.05) is 6.61 Å². The number of benzene rings is 1. The van der Waals surface area contributed by atoms with Gasteiger partial charge in [-0.15, -0.1) is 0 Å². The van der Waals surface area contributed by atoms with Crippen LogP contribution in [0.1, 0.15) is 32.5 Å². The van der Waals surface area contributed by atoms with E-state index >= 15 is 0 Å². The molecule has 1 heterocycles. The van der Waals surface area contributed by atoms with Gasteiger partial charge in [0.25, 0.3) is 5.56 Å². The van der Waals surface area contributed by atoms with E-state index in [1.807, 2.05) is 32.0 Å². The normalized spacial score (nSPS) is 11.4. The van der Waals surface area contributed by atoms with Crippen LogP contribution in [0, 0.1) is 0 Å². The lowest BCUT2D eigenvalue weighted by atomic mass is 10.2. The number of aromatic amines is 1. The van der Waals surface area contributed by atoms with Crippen LogP contribution < -0.4 is 10.9 Å². The van der Waals surface area contributed by atoms with Crippen LogP contribution in [-0.2, 0) is 11.3 Å². The highest BCUT2D eigenvalue weighted by Gasteiger charge is 2.02. The van der Waals surface area contributed by atoms with Crippen molar-refractivity contribution in [1.82, 2.24) is 15.3 Å². The van der Waals surface area contributed by atoms with E-state index < -0.39 is 0 Å². The van der Waals surface area contributed by atoms with Gasteiger partial charge in [0.2, 0.25) is 0 Å². The fraction of sp³-hybridized carbons (Fsp3) is 0.500. The summed E-state index contributed by atoms with van der Waals surface area (Å²) in [4.78, 5) is 19.2. The highest BCUT2D eigenvalue weighted by Crippen LogP contribution is 2.05. The molecule has 0 unspecified atom stereocenters. The van der Waals surface area contributed by atoms with Crippen molar-refractivity contribution in [2.24, 2.45) is 0 Å². The minimum absolute atomic E-state index is 0.0808. The van der Waals surface area contributed by atoms with Crippen LogP contribution in [0.5, 0.6) is 0 Å². The molecule has 2 aromatic rings. The summed E-state index contributed by atoms with van der Waals surface area (Å²) in [6, 6.07) is 7.38. The highest BCUT2D eigenvalue weighted by molar-refractivity contribution is 5.77. The van der Waals surface area contributed by atoms with Crippen molar-refractivity contribution in [2.75, 3.05) is 13.2 Å². The fourth-order valence-corrected chi connectivity index (χ4v) is 2.10. The van der Waals surface area contributed by atoms with E-state index in [1.54, 1.807) is 6.07 Å². The van der Waals surface area contributed by atoms with Gasteiger partial charge in [0.1, 0.15) is 5.82 Å². The first-order valence-corrected chi connectivity index (χ1v) is 7.47. The van der Waals surface area contributed by atoms with Crippen molar-refractivity contribution in [3.8, 4) is 0 Å². The number of nitrogens with zero attached hydrogens (tertiary/aromatic N) is 1. The molecule has 0 saturated carbocycles. The second kappa shape index (κ2) is 7.90. The fourth-order valence-electron chi connectivity index (χ4n) is 2.10. The third kappa shape index (κ3) is 4.95. The van der Waals surface area contributed by atoms with E-state index in [0.29, 0.717) is 23.9 Å². The first-order chi connectivity index (χ1) is 10.2. The molecule has 0 amide bonds. The van der Waals surface area contributed by atoms with Gasteiger partial charge in [-0.05, 0) is 45.4 Å². The molecule has 5 nitrogen and oxygen atoms in total. The third-order valence-electron chi connectivity index (χ3n) is 3.15. The average Bonchev–Trinajstić information content (AvgIpc) is 2.46. The summed E-state index contributed by atoms with van der Waals surface area (Å²) in [6.07, 6.45) is 2.38. The van der Waals surface area contributed by atoms with Gasteiger partial charge in [-0.25, -0.2) is 4.98 Å². The summed E-state index contributed by atoms with van der Waals surface area (Å²) in [5.74, 6) is 0.678. The second-order valence-electron chi connectivity index (χ2n) is 5.33. The van der Waals surface area contributed by atoms with E-state index in [-0.39, 0.29) is 5.56 Å². The first kappa shape index (κ1) is 15.7. The number of fused-ring (bicyclic) bond motifs is 1. The van der Waals surface area contributed by atoms with Crippen LogP contribution >= 0.6 is 0 Å². The van der Waals surface area contributed by atoms with Gasteiger partial charge in [0.05, 0.1) is 23.6 Å². The molecule has 1 aromatic carbocycles. The summed E-state index contributed by atoms with van der Waals surface area (Å²) in [6.45, 7) is 6.34. The smallest absolute Gasteiger partial charge is 0.258 e. The zero-order valence-electron chi connectivity index (χ0n) is 12.7. The van der Waals surface area contributed by atoms with Crippen molar-refractivity contribution in [3.05, 3.63) is 40.4 Å². The Kier molecular flexibility index (Phi) is 5.90. The third-order valence-corrected chi connectivity index (χ3v) is 3.15. The molecule has 0 aliphatic heterocycles. The van der Waals surface area contributed by atoms with E-state index in [2.05, 4.69) is 15.3 Å². The lowest BCUT2D eigenvalue weighted by molar-refractivity contribution is 0.0760. The van der Waals surface area contributed by atoms with Gasteiger partial charge in [-0.1, -0.05) is 12.1 Å². The van der Waals surface area contributed by atoms with E-state index in [9.17, 15) is 4.79 Å². The van der Waals surface area contributed by atoms with Gasteiger partial charge in [0.15, 0.2) is 0 Å². The molecule has 2 rings (SSSR count). The van der Waals surface area contributed by atoms with E-state index in [4.69, 9.17) is 4.74 Å². The van der Waals surface area contributed by atoms with Gasteiger partial charge < -0.3 is 15.0 Å². The van der Waals surface area contributed by atoms with Gasteiger partial charge in [-0.3, -0.25) is 4.79 Å². The number of para-hydroxylation sites is 1. The summed E-state index contributed by atoms with van der Waals surface area (Å²) >= 11 is 0. The predicted octanol–water partition coefficient (Wildman–Crippen LogP) is 2.22. The first-order valence-electron chi connectivity index (χ1n) is 7.47. The summed E-state index contributed by atoms with van der Waals surface area (Å²) < 4.78 is 5.48. The average molecular weight is 289 g/mol. The minimum Gasteiger partial charge on any atom is -0.379 e. The van der Waals surface area contributed by atoms with Crippen molar-refractivity contribution < 1.29 is 4.74 Å². The van der Waals surface area contributed by atoms with Gasteiger partial charge in [-0.2, -0.15) is 0 Å². The van der Waals surface area contributed by atoms with Crippen LogP contribution in [0.25, 0.3) is 10.9 Å². The molecule has 0 radical (unpaired) electrons. The number of rotatable bonds is 8. The quantitative estimate of drug-likeness (QED) is 0.731. The maximum atomic E-state index is 11.9.